The van der Waals surface area contributed by atoms with Gasteiger partial charge < -0.3 is 14.6 Å². The molecule has 1 N–H and O–H groups in total. The lowest BCUT2D eigenvalue weighted by molar-refractivity contribution is 0.0887. The van der Waals surface area contributed by atoms with Crippen molar-refractivity contribution < 1.29 is 14.6 Å². The molecule has 0 saturated heterocycles. The number of ether oxygens (including phenoxy) is 2. The summed E-state index contributed by atoms with van der Waals surface area (Å²) in [6.45, 7) is 0. The zero-order valence-electron chi connectivity index (χ0n) is 12.6. The first-order chi connectivity index (χ1) is 9.76. The topological polar surface area (TPSA) is 38.7 Å². The summed E-state index contributed by atoms with van der Waals surface area (Å²) in [6, 6.07) is 5.67. The van der Waals surface area contributed by atoms with Crippen molar-refractivity contribution in [2.75, 3.05) is 14.2 Å². The SMILES string of the molecule is COc1ccc(C(O)C2CCCCCCC2)c(OC)c1. The van der Waals surface area contributed by atoms with Crippen molar-refractivity contribution in [3.05, 3.63) is 23.8 Å². The summed E-state index contributed by atoms with van der Waals surface area (Å²) in [5.74, 6) is 1.83. The predicted octanol–water partition coefficient (Wildman–Crippen LogP) is 4.10. The van der Waals surface area contributed by atoms with Crippen LogP contribution in [0.3, 0.4) is 0 Å². The molecule has 0 radical (unpaired) electrons. The third-order valence-corrected chi connectivity index (χ3v) is 4.36. The third kappa shape index (κ3) is 3.66. The molecule has 0 heterocycles. The van der Waals surface area contributed by atoms with Crippen molar-refractivity contribution in [3.63, 3.8) is 0 Å². The Morgan fingerprint density at radius 3 is 2.25 bits per heavy atom. The van der Waals surface area contributed by atoms with Crippen LogP contribution in [0.1, 0.15) is 56.6 Å². The lowest BCUT2D eigenvalue weighted by Crippen LogP contribution is -2.15. The molecule has 20 heavy (non-hydrogen) atoms. The van der Waals surface area contributed by atoms with Gasteiger partial charge in [0.05, 0.1) is 20.3 Å². The van der Waals surface area contributed by atoms with E-state index in [4.69, 9.17) is 9.47 Å². The molecule has 0 aromatic heterocycles. The molecule has 1 atom stereocenters. The second-order valence-electron chi connectivity index (χ2n) is 5.66. The van der Waals surface area contributed by atoms with Crippen LogP contribution in [0.15, 0.2) is 18.2 Å². The van der Waals surface area contributed by atoms with E-state index in [-0.39, 0.29) is 0 Å². The van der Waals surface area contributed by atoms with E-state index in [1.807, 2.05) is 18.2 Å². The smallest absolute Gasteiger partial charge is 0.128 e. The Labute approximate surface area is 121 Å². The summed E-state index contributed by atoms with van der Waals surface area (Å²) in [5, 5.41) is 10.7. The van der Waals surface area contributed by atoms with Gasteiger partial charge in [0.1, 0.15) is 11.5 Å². The Morgan fingerprint density at radius 1 is 1.00 bits per heavy atom. The van der Waals surface area contributed by atoms with E-state index in [0.29, 0.717) is 5.92 Å². The van der Waals surface area contributed by atoms with Gasteiger partial charge in [0.25, 0.3) is 0 Å². The molecule has 1 unspecified atom stereocenters. The van der Waals surface area contributed by atoms with Crippen molar-refractivity contribution in [2.24, 2.45) is 5.92 Å². The fourth-order valence-electron chi connectivity index (χ4n) is 3.12. The van der Waals surface area contributed by atoms with Crippen molar-refractivity contribution in [3.8, 4) is 11.5 Å². The molecular formula is C17H26O3. The number of methoxy groups -OCH3 is 2. The van der Waals surface area contributed by atoms with Gasteiger partial charge in [0, 0.05) is 11.6 Å². The molecule has 3 heteroatoms. The molecule has 1 saturated carbocycles. The molecule has 0 aliphatic heterocycles. The summed E-state index contributed by atoms with van der Waals surface area (Å²) in [4.78, 5) is 0. The number of hydrogen-bond acceptors (Lipinski definition) is 3. The quantitative estimate of drug-likeness (QED) is 0.901. The fraction of sp³-hybridized carbons (Fsp3) is 0.647. The first-order valence-corrected chi connectivity index (χ1v) is 7.66. The van der Waals surface area contributed by atoms with E-state index >= 15 is 0 Å². The molecule has 0 bridgehead atoms. The van der Waals surface area contributed by atoms with Crippen LogP contribution in [0.2, 0.25) is 0 Å². The number of aliphatic hydroxyl groups excluding tert-OH is 1. The number of benzene rings is 1. The second kappa shape index (κ2) is 7.53. The lowest BCUT2D eigenvalue weighted by atomic mass is 9.84. The van der Waals surface area contributed by atoms with Gasteiger partial charge in [-0.25, -0.2) is 0 Å². The summed E-state index contributed by atoms with van der Waals surface area (Å²) >= 11 is 0. The summed E-state index contributed by atoms with van der Waals surface area (Å²) in [7, 11) is 3.28. The van der Waals surface area contributed by atoms with Crippen LogP contribution in [-0.2, 0) is 0 Å². The van der Waals surface area contributed by atoms with Crippen LogP contribution in [0.4, 0.5) is 0 Å². The van der Waals surface area contributed by atoms with Crippen LogP contribution < -0.4 is 9.47 Å². The monoisotopic (exact) mass is 278 g/mol. The molecule has 3 nitrogen and oxygen atoms in total. The van der Waals surface area contributed by atoms with E-state index < -0.39 is 6.10 Å². The Hall–Kier alpha value is -1.22. The zero-order valence-corrected chi connectivity index (χ0v) is 12.6. The first kappa shape index (κ1) is 15.2. The summed E-state index contributed by atoms with van der Waals surface area (Å²) in [6.07, 6.45) is 8.15. The highest BCUT2D eigenvalue weighted by atomic mass is 16.5. The number of rotatable bonds is 4. The molecule has 112 valence electrons. The van der Waals surface area contributed by atoms with Crippen LogP contribution in [0.25, 0.3) is 0 Å². The van der Waals surface area contributed by atoms with Gasteiger partial charge in [-0.15, -0.1) is 0 Å². The maximum Gasteiger partial charge on any atom is 0.128 e. The van der Waals surface area contributed by atoms with E-state index in [0.717, 1.165) is 29.9 Å². The van der Waals surface area contributed by atoms with E-state index in [1.165, 1.54) is 32.1 Å². The molecule has 2 rings (SSSR count). The molecule has 0 spiro atoms. The van der Waals surface area contributed by atoms with Crippen LogP contribution >= 0.6 is 0 Å². The molecule has 1 aliphatic rings. The maximum atomic E-state index is 10.7. The highest BCUT2D eigenvalue weighted by Gasteiger charge is 2.24. The minimum atomic E-state index is -0.436. The average molecular weight is 278 g/mol. The second-order valence-corrected chi connectivity index (χ2v) is 5.66. The summed E-state index contributed by atoms with van der Waals surface area (Å²) in [5.41, 5.74) is 0.888. The molecule has 1 aromatic carbocycles. The largest absolute Gasteiger partial charge is 0.497 e. The third-order valence-electron chi connectivity index (χ3n) is 4.36. The van der Waals surface area contributed by atoms with Crippen LogP contribution in [0.5, 0.6) is 11.5 Å². The highest BCUT2D eigenvalue weighted by Crippen LogP contribution is 2.38. The predicted molar refractivity (Wildman–Crippen MR) is 80.3 cm³/mol. The molecule has 1 fully saturated rings. The van der Waals surface area contributed by atoms with Gasteiger partial charge in [0.15, 0.2) is 0 Å². The van der Waals surface area contributed by atoms with E-state index in [1.54, 1.807) is 14.2 Å². The zero-order chi connectivity index (χ0) is 14.4. The van der Waals surface area contributed by atoms with E-state index in [2.05, 4.69) is 0 Å². The molecule has 1 aromatic rings. The van der Waals surface area contributed by atoms with Crippen molar-refractivity contribution >= 4 is 0 Å². The van der Waals surface area contributed by atoms with Crippen molar-refractivity contribution in [1.29, 1.82) is 0 Å². The first-order valence-electron chi connectivity index (χ1n) is 7.66. The van der Waals surface area contributed by atoms with Gasteiger partial charge in [-0.05, 0) is 30.9 Å². The molecule has 1 aliphatic carbocycles. The molecule has 0 amide bonds. The minimum absolute atomic E-state index is 0.345. The van der Waals surface area contributed by atoms with Crippen molar-refractivity contribution in [2.45, 2.75) is 51.0 Å². The van der Waals surface area contributed by atoms with Gasteiger partial charge >= 0.3 is 0 Å². The van der Waals surface area contributed by atoms with Gasteiger partial charge in [0.2, 0.25) is 0 Å². The van der Waals surface area contributed by atoms with Crippen molar-refractivity contribution in [1.82, 2.24) is 0 Å². The fourth-order valence-corrected chi connectivity index (χ4v) is 3.12. The Kier molecular flexibility index (Phi) is 5.72. The van der Waals surface area contributed by atoms with E-state index in [9.17, 15) is 5.11 Å². The van der Waals surface area contributed by atoms with Gasteiger partial charge in [-0.1, -0.05) is 32.1 Å². The van der Waals surface area contributed by atoms with Gasteiger partial charge in [-0.3, -0.25) is 0 Å². The number of aliphatic hydroxyl groups is 1. The Balaban J connectivity index is 2.15. The Morgan fingerprint density at radius 2 is 1.65 bits per heavy atom. The van der Waals surface area contributed by atoms with Gasteiger partial charge in [-0.2, -0.15) is 0 Å². The number of hydrogen-bond donors (Lipinski definition) is 1. The Bertz CT molecular complexity index is 409. The standard InChI is InChI=1S/C17H26O3/c1-19-14-10-11-15(16(12-14)20-2)17(18)13-8-6-4-3-5-7-9-13/h10-13,17-18H,3-9H2,1-2H3. The normalized spacial score (nSPS) is 18.9. The minimum Gasteiger partial charge on any atom is -0.497 e. The van der Waals surface area contributed by atoms with Crippen LogP contribution in [-0.4, -0.2) is 19.3 Å². The summed E-state index contributed by atoms with van der Waals surface area (Å²) < 4.78 is 10.6. The molecular weight excluding hydrogens is 252 g/mol. The average Bonchev–Trinajstić information content (AvgIpc) is 2.45. The van der Waals surface area contributed by atoms with Crippen LogP contribution in [0, 0.1) is 5.92 Å². The highest BCUT2D eigenvalue weighted by molar-refractivity contribution is 5.42. The maximum absolute atomic E-state index is 10.7. The lowest BCUT2D eigenvalue weighted by Gasteiger charge is -2.26.